The highest BCUT2D eigenvalue weighted by atomic mass is 16.5. The second-order valence-electron chi connectivity index (χ2n) is 9.31. The number of ether oxygens (including phenoxy) is 3. The lowest BCUT2D eigenvalue weighted by Gasteiger charge is -2.39. The normalized spacial score (nSPS) is 19.2. The first-order valence-electron chi connectivity index (χ1n) is 10.7. The van der Waals surface area contributed by atoms with Crippen molar-refractivity contribution in [2.75, 3.05) is 14.2 Å². The highest BCUT2D eigenvalue weighted by Crippen LogP contribution is 2.52. The Balaban J connectivity index is 1.82. The lowest BCUT2D eigenvalue weighted by molar-refractivity contribution is -0.118. The van der Waals surface area contributed by atoms with Crippen molar-refractivity contribution >= 4 is 16.6 Å². The fourth-order valence-corrected chi connectivity index (χ4v) is 5.03. The molecule has 1 N–H and O–H groups in total. The molecule has 2 aliphatic rings. The molecule has 0 saturated heterocycles. The van der Waals surface area contributed by atoms with Crippen LogP contribution in [0, 0.1) is 5.41 Å². The van der Waals surface area contributed by atoms with Crippen LogP contribution in [0.4, 0.5) is 0 Å². The maximum atomic E-state index is 13.5. The lowest BCUT2D eigenvalue weighted by atomic mass is 9.69. The lowest BCUT2D eigenvalue weighted by Crippen LogP contribution is -2.33. The number of hydrogen-bond acceptors (Lipinski definition) is 5. The first-order chi connectivity index (χ1) is 15.3. The van der Waals surface area contributed by atoms with E-state index in [1.807, 2.05) is 36.4 Å². The number of methoxy groups -OCH3 is 2. The summed E-state index contributed by atoms with van der Waals surface area (Å²) in [5.41, 5.74) is 2.34. The Morgan fingerprint density at radius 2 is 1.72 bits per heavy atom. The number of rotatable bonds is 3. The summed E-state index contributed by atoms with van der Waals surface area (Å²) >= 11 is 0. The van der Waals surface area contributed by atoms with E-state index in [4.69, 9.17) is 14.2 Å². The fraction of sp³-hybridized carbons (Fsp3) is 0.296. The van der Waals surface area contributed by atoms with Crippen LogP contribution in [0.25, 0.3) is 10.8 Å². The minimum absolute atomic E-state index is 0.0961. The van der Waals surface area contributed by atoms with E-state index in [0.717, 1.165) is 27.7 Å². The van der Waals surface area contributed by atoms with Crippen molar-refractivity contribution < 1.29 is 24.1 Å². The zero-order chi connectivity index (χ0) is 22.6. The number of aromatic hydroxyl groups is 1. The number of fused-ring (bicyclic) bond motifs is 3. The van der Waals surface area contributed by atoms with E-state index in [2.05, 4.69) is 13.8 Å². The molecule has 0 radical (unpaired) electrons. The van der Waals surface area contributed by atoms with E-state index >= 15 is 0 Å². The Kier molecular flexibility index (Phi) is 4.66. The van der Waals surface area contributed by atoms with E-state index in [-0.39, 0.29) is 22.9 Å². The molecule has 5 rings (SSSR count). The van der Waals surface area contributed by atoms with Gasteiger partial charge in [-0.05, 0) is 52.1 Å². The second-order valence-corrected chi connectivity index (χ2v) is 9.31. The monoisotopic (exact) mass is 430 g/mol. The summed E-state index contributed by atoms with van der Waals surface area (Å²) in [4.78, 5) is 13.5. The molecular formula is C27H26O5. The van der Waals surface area contributed by atoms with Gasteiger partial charge in [-0.15, -0.1) is 0 Å². The van der Waals surface area contributed by atoms with Gasteiger partial charge in [0.05, 0.1) is 14.2 Å². The number of phenols is 1. The Morgan fingerprint density at radius 1 is 0.969 bits per heavy atom. The minimum Gasteiger partial charge on any atom is -0.508 e. The minimum atomic E-state index is -0.331. The van der Waals surface area contributed by atoms with Crippen molar-refractivity contribution in [1.29, 1.82) is 0 Å². The molecule has 1 unspecified atom stereocenters. The molecule has 0 spiro atoms. The van der Waals surface area contributed by atoms with E-state index < -0.39 is 0 Å². The number of carbonyl (C=O) groups excluding carboxylic acids is 1. The van der Waals surface area contributed by atoms with Gasteiger partial charge >= 0.3 is 0 Å². The summed E-state index contributed by atoms with van der Waals surface area (Å²) < 4.78 is 17.4. The van der Waals surface area contributed by atoms with Crippen LogP contribution < -0.4 is 14.2 Å². The number of Topliss-reactive ketones (excluding diaryl/α,β-unsaturated/α-hetero) is 1. The molecule has 0 aromatic heterocycles. The summed E-state index contributed by atoms with van der Waals surface area (Å²) in [5.74, 6) is 2.62. The molecule has 5 heteroatoms. The zero-order valence-corrected chi connectivity index (χ0v) is 18.7. The predicted octanol–water partition coefficient (Wildman–Crippen LogP) is 5.73. The van der Waals surface area contributed by atoms with Crippen molar-refractivity contribution in [2.24, 2.45) is 5.41 Å². The average Bonchev–Trinajstić information content (AvgIpc) is 2.76. The summed E-state index contributed by atoms with van der Waals surface area (Å²) in [7, 11) is 3.21. The summed E-state index contributed by atoms with van der Waals surface area (Å²) in [6.45, 7) is 4.19. The van der Waals surface area contributed by atoms with Crippen LogP contribution in [0.15, 0.2) is 59.9 Å². The van der Waals surface area contributed by atoms with Crippen LogP contribution in [-0.2, 0) is 4.79 Å². The van der Waals surface area contributed by atoms with Gasteiger partial charge in [-0.3, -0.25) is 4.79 Å². The molecule has 1 heterocycles. The Morgan fingerprint density at radius 3 is 2.47 bits per heavy atom. The largest absolute Gasteiger partial charge is 0.508 e. The van der Waals surface area contributed by atoms with Gasteiger partial charge in [-0.1, -0.05) is 32.0 Å². The molecule has 0 bridgehead atoms. The van der Waals surface area contributed by atoms with Crippen molar-refractivity contribution in [3.63, 3.8) is 0 Å². The zero-order valence-electron chi connectivity index (χ0n) is 18.7. The van der Waals surface area contributed by atoms with Crippen molar-refractivity contribution in [3.8, 4) is 23.0 Å². The van der Waals surface area contributed by atoms with Gasteiger partial charge in [-0.25, -0.2) is 0 Å². The Labute approximate surface area is 187 Å². The van der Waals surface area contributed by atoms with Crippen LogP contribution in [0.2, 0.25) is 0 Å². The van der Waals surface area contributed by atoms with Gasteiger partial charge in [0, 0.05) is 29.9 Å². The quantitative estimate of drug-likeness (QED) is 0.575. The molecule has 32 heavy (non-hydrogen) atoms. The number of phenolic OH excluding ortho intramolecular Hbond substituents is 1. The third kappa shape index (κ3) is 3.20. The highest BCUT2D eigenvalue weighted by Gasteiger charge is 2.42. The van der Waals surface area contributed by atoms with Crippen LogP contribution in [0.1, 0.15) is 43.7 Å². The number of hydrogen-bond donors (Lipinski definition) is 1. The smallest absolute Gasteiger partial charge is 0.163 e. The maximum absolute atomic E-state index is 13.5. The predicted molar refractivity (Wildman–Crippen MR) is 123 cm³/mol. The third-order valence-electron chi connectivity index (χ3n) is 6.44. The Bertz CT molecular complexity index is 1280. The molecule has 164 valence electrons. The molecule has 5 nitrogen and oxygen atoms in total. The van der Waals surface area contributed by atoms with Crippen LogP contribution in [0.5, 0.6) is 23.0 Å². The summed E-state index contributed by atoms with van der Waals surface area (Å²) in [5, 5.41) is 12.1. The first kappa shape index (κ1) is 20.4. The fourth-order valence-electron chi connectivity index (χ4n) is 5.03. The van der Waals surface area contributed by atoms with Crippen molar-refractivity contribution in [3.05, 3.63) is 71.0 Å². The van der Waals surface area contributed by atoms with Gasteiger partial charge in [0.1, 0.15) is 17.3 Å². The first-order valence-corrected chi connectivity index (χ1v) is 10.7. The van der Waals surface area contributed by atoms with E-state index in [1.54, 1.807) is 26.4 Å². The van der Waals surface area contributed by atoms with E-state index in [9.17, 15) is 9.90 Å². The van der Waals surface area contributed by atoms with Gasteiger partial charge in [0.2, 0.25) is 0 Å². The van der Waals surface area contributed by atoms with E-state index in [1.165, 1.54) is 0 Å². The molecule has 0 amide bonds. The van der Waals surface area contributed by atoms with Crippen LogP contribution >= 0.6 is 0 Å². The van der Waals surface area contributed by atoms with E-state index in [0.29, 0.717) is 35.7 Å². The molecular weight excluding hydrogens is 404 g/mol. The van der Waals surface area contributed by atoms with Gasteiger partial charge in [-0.2, -0.15) is 0 Å². The highest BCUT2D eigenvalue weighted by molar-refractivity contribution is 6.02. The molecule has 1 aliphatic heterocycles. The number of allylic oxidation sites excluding steroid dienone is 2. The topological polar surface area (TPSA) is 65.0 Å². The van der Waals surface area contributed by atoms with Gasteiger partial charge in [0.15, 0.2) is 17.3 Å². The molecule has 3 aromatic rings. The summed E-state index contributed by atoms with van der Waals surface area (Å²) in [6, 6.07) is 15.0. The average molecular weight is 431 g/mol. The molecule has 1 atom stereocenters. The number of benzene rings is 3. The molecule has 3 aromatic carbocycles. The summed E-state index contributed by atoms with van der Waals surface area (Å²) in [6.07, 6.45) is 1.15. The van der Waals surface area contributed by atoms with Crippen LogP contribution in [-0.4, -0.2) is 25.1 Å². The second kappa shape index (κ2) is 7.30. The van der Waals surface area contributed by atoms with Gasteiger partial charge < -0.3 is 19.3 Å². The number of carbonyl (C=O) groups is 1. The Hall–Kier alpha value is -3.47. The molecule has 0 fully saturated rings. The maximum Gasteiger partial charge on any atom is 0.163 e. The third-order valence-corrected chi connectivity index (χ3v) is 6.44. The van der Waals surface area contributed by atoms with Crippen molar-refractivity contribution in [1.82, 2.24) is 0 Å². The number of ketones is 1. The molecule has 1 aliphatic carbocycles. The van der Waals surface area contributed by atoms with Crippen molar-refractivity contribution in [2.45, 2.75) is 32.6 Å². The molecule has 0 saturated carbocycles. The SMILES string of the molecule is COc1ccc(C2C3=C(CC(C)(C)CC3=O)Oc3ccc4ccc(O)cc4c32)cc1OC. The van der Waals surface area contributed by atoms with Gasteiger partial charge in [0.25, 0.3) is 0 Å². The van der Waals surface area contributed by atoms with Crippen LogP contribution in [0.3, 0.4) is 0 Å². The standard InChI is InChI=1S/C27H26O5/c1-27(2)13-19(29)26-23(14-27)32-21-10-6-15-5-8-17(28)12-18(15)25(21)24(26)16-7-9-20(30-3)22(11-16)31-4/h5-12,24,28H,13-14H2,1-4H3.